The van der Waals surface area contributed by atoms with Crippen molar-refractivity contribution >= 4 is 0 Å². The number of nitrogens with zero attached hydrogens (tertiary/aromatic N) is 1. The van der Waals surface area contributed by atoms with E-state index in [1.165, 1.54) is 12.8 Å². The van der Waals surface area contributed by atoms with Crippen LogP contribution in [0.25, 0.3) is 0 Å². The fraction of sp³-hybridized carbons (Fsp3) is 1.00. The van der Waals surface area contributed by atoms with E-state index < -0.39 is 0 Å². The molecule has 1 aliphatic heterocycles. The summed E-state index contributed by atoms with van der Waals surface area (Å²) >= 11 is 0. The second-order valence-electron chi connectivity index (χ2n) is 4.71. The number of likely N-dealkylation sites (N-methyl/N-ethyl adjacent to an activating group) is 1. The maximum absolute atomic E-state index is 9.67. The van der Waals surface area contributed by atoms with Gasteiger partial charge < -0.3 is 20.4 Å². The highest BCUT2D eigenvalue weighted by atomic mass is 16.3. The van der Waals surface area contributed by atoms with Gasteiger partial charge in [-0.1, -0.05) is 6.92 Å². The van der Waals surface area contributed by atoms with Crippen LogP contribution in [0.5, 0.6) is 0 Å². The Bertz CT molecular complexity index is 172. The molecule has 1 aliphatic rings. The molecule has 0 bridgehead atoms. The monoisotopic (exact) mass is 230 g/mol. The minimum Gasteiger partial charge on any atom is -0.396 e. The largest absolute Gasteiger partial charge is 0.396 e. The third-order valence-corrected chi connectivity index (χ3v) is 3.35. The smallest absolute Gasteiger partial charge is 0.0688 e. The summed E-state index contributed by atoms with van der Waals surface area (Å²) in [4.78, 5) is 2.30. The fourth-order valence-corrected chi connectivity index (χ4v) is 2.30. The van der Waals surface area contributed by atoms with E-state index in [0.29, 0.717) is 13.0 Å². The second-order valence-corrected chi connectivity index (χ2v) is 4.71. The molecule has 0 aromatic heterocycles. The van der Waals surface area contributed by atoms with Gasteiger partial charge in [0.1, 0.15) is 0 Å². The topological polar surface area (TPSA) is 55.7 Å². The quantitative estimate of drug-likeness (QED) is 0.578. The average Bonchev–Trinajstić information content (AvgIpc) is 2.30. The Kier molecular flexibility index (Phi) is 6.96. The molecule has 1 heterocycles. The SMILES string of the molecule is CCN(CC(O)CCO)CC1CCNCC1. The molecule has 1 atom stereocenters. The van der Waals surface area contributed by atoms with Crippen LogP contribution in [0.2, 0.25) is 0 Å². The number of hydrogen-bond acceptors (Lipinski definition) is 4. The average molecular weight is 230 g/mol. The summed E-state index contributed by atoms with van der Waals surface area (Å²) in [6.07, 6.45) is 2.59. The highest BCUT2D eigenvalue weighted by Gasteiger charge is 2.17. The molecule has 3 N–H and O–H groups in total. The summed E-state index contributed by atoms with van der Waals surface area (Å²) in [5.74, 6) is 0.766. The van der Waals surface area contributed by atoms with Gasteiger partial charge in [-0.3, -0.25) is 0 Å². The summed E-state index contributed by atoms with van der Waals surface area (Å²) in [7, 11) is 0. The van der Waals surface area contributed by atoms with Crippen molar-refractivity contribution in [2.45, 2.75) is 32.3 Å². The normalized spacial score (nSPS) is 20.2. The number of rotatable bonds is 7. The summed E-state index contributed by atoms with van der Waals surface area (Å²) < 4.78 is 0. The van der Waals surface area contributed by atoms with Crippen LogP contribution in [0.1, 0.15) is 26.2 Å². The maximum atomic E-state index is 9.67. The first-order valence-corrected chi connectivity index (χ1v) is 6.48. The molecular weight excluding hydrogens is 204 g/mol. The Morgan fingerprint density at radius 2 is 2.06 bits per heavy atom. The van der Waals surface area contributed by atoms with Crippen molar-refractivity contribution in [3.8, 4) is 0 Å². The molecule has 96 valence electrons. The van der Waals surface area contributed by atoms with Gasteiger partial charge in [0, 0.05) is 19.7 Å². The van der Waals surface area contributed by atoms with Crippen LogP contribution in [0.3, 0.4) is 0 Å². The van der Waals surface area contributed by atoms with Crippen molar-refractivity contribution < 1.29 is 10.2 Å². The second kappa shape index (κ2) is 8.01. The van der Waals surface area contributed by atoms with Gasteiger partial charge in [-0.2, -0.15) is 0 Å². The molecule has 1 unspecified atom stereocenters. The predicted octanol–water partition coefficient (Wildman–Crippen LogP) is 0.0512. The van der Waals surface area contributed by atoms with E-state index in [1.54, 1.807) is 0 Å². The molecule has 1 rings (SSSR count). The summed E-state index contributed by atoms with van der Waals surface area (Å²) in [6, 6.07) is 0. The zero-order valence-corrected chi connectivity index (χ0v) is 10.4. The first-order valence-electron chi connectivity index (χ1n) is 6.48. The van der Waals surface area contributed by atoms with Crippen molar-refractivity contribution in [3.05, 3.63) is 0 Å². The van der Waals surface area contributed by atoms with Gasteiger partial charge in [0.15, 0.2) is 0 Å². The molecule has 1 fully saturated rings. The van der Waals surface area contributed by atoms with E-state index in [4.69, 9.17) is 5.11 Å². The Hall–Kier alpha value is -0.160. The third-order valence-electron chi connectivity index (χ3n) is 3.35. The zero-order chi connectivity index (χ0) is 11.8. The fourth-order valence-electron chi connectivity index (χ4n) is 2.30. The maximum Gasteiger partial charge on any atom is 0.0688 e. The van der Waals surface area contributed by atoms with Crippen molar-refractivity contribution in [2.24, 2.45) is 5.92 Å². The van der Waals surface area contributed by atoms with Crippen molar-refractivity contribution in [3.63, 3.8) is 0 Å². The van der Waals surface area contributed by atoms with Crippen LogP contribution < -0.4 is 5.32 Å². The van der Waals surface area contributed by atoms with Crippen LogP contribution >= 0.6 is 0 Å². The van der Waals surface area contributed by atoms with E-state index in [1.807, 2.05) is 0 Å². The molecular formula is C12H26N2O2. The molecule has 0 aliphatic carbocycles. The summed E-state index contributed by atoms with van der Waals surface area (Å²) in [6.45, 7) is 7.22. The number of aliphatic hydroxyl groups excluding tert-OH is 2. The van der Waals surface area contributed by atoms with Gasteiger partial charge in [-0.05, 0) is 44.8 Å². The molecule has 0 aromatic carbocycles. The minimum atomic E-state index is -0.383. The van der Waals surface area contributed by atoms with E-state index in [-0.39, 0.29) is 12.7 Å². The molecule has 1 saturated heterocycles. The molecule has 16 heavy (non-hydrogen) atoms. The van der Waals surface area contributed by atoms with Crippen LogP contribution in [0.15, 0.2) is 0 Å². The first kappa shape index (κ1) is 13.9. The number of aliphatic hydroxyl groups is 2. The number of hydrogen-bond donors (Lipinski definition) is 3. The van der Waals surface area contributed by atoms with Crippen LogP contribution in [-0.4, -0.2) is 60.5 Å². The van der Waals surface area contributed by atoms with E-state index in [2.05, 4.69) is 17.1 Å². The molecule has 0 saturated carbocycles. The van der Waals surface area contributed by atoms with Gasteiger partial charge >= 0.3 is 0 Å². The molecule has 0 aromatic rings. The van der Waals surface area contributed by atoms with Crippen molar-refractivity contribution in [2.75, 3.05) is 39.3 Å². The van der Waals surface area contributed by atoms with Crippen molar-refractivity contribution in [1.82, 2.24) is 10.2 Å². The van der Waals surface area contributed by atoms with Crippen LogP contribution in [0.4, 0.5) is 0 Å². The lowest BCUT2D eigenvalue weighted by Gasteiger charge is -2.30. The lowest BCUT2D eigenvalue weighted by Crippen LogP contribution is -2.39. The molecule has 0 spiro atoms. The zero-order valence-electron chi connectivity index (χ0n) is 10.4. The highest BCUT2D eigenvalue weighted by molar-refractivity contribution is 4.73. The Morgan fingerprint density at radius 1 is 1.38 bits per heavy atom. The van der Waals surface area contributed by atoms with E-state index in [0.717, 1.165) is 32.1 Å². The van der Waals surface area contributed by atoms with Gasteiger partial charge in [0.25, 0.3) is 0 Å². The Morgan fingerprint density at radius 3 is 2.62 bits per heavy atom. The third kappa shape index (κ3) is 5.25. The Balaban J connectivity index is 2.24. The number of nitrogens with one attached hydrogen (secondary N) is 1. The van der Waals surface area contributed by atoms with Gasteiger partial charge in [-0.15, -0.1) is 0 Å². The summed E-state index contributed by atoms with van der Waals surface area (Å²) in [5.41, 5.74) is 0. The van der Waals surface area contributed by atoms with Gasteiger partial charge in [0.2, 0.25) is 0 Å². The van der Waals surface area contributed by atoms with Crippen LogP contribution in [0, 0.1) is 5.92 Å². The molecule has 4 heteroatoms. The van der Waals surface area contributed by atoms with Gasteiger partial charge in [-0.25, -0.2) is 0 Å². The lowest BCUT2D eigenvalue weighted by atomic mass is 9.97. The van der Waals surface area contributed by atoms with Crippen molar-refractivity contribution in [1.29, 1.82) is 0 Å². The summed E-state index contributed by atoms with van der Waals surface area (Å²) in [5, 5.41) is 21.8. The van der Waals surface area contributed by atoms with E-state index in [9.17, 15) is 5.11 Å². The standard InChI is InChI=1S/C12H26N2O2/c1-2-14(10-12(16)5-8-15)9-11-3-6-13-7-4-11/h11-13,15-16H,2-10H2,1H3. The predicted molar refractivity (Wildman–Crippen MR) is 65.4 cm³/mol. The minimum absolute atomic E-state index is 0.0755. The lowest BCUT2D eigenvalue weighted by molar-refractivity contribution is 0.0801. The van der Waals surface area contributed by atoms with Crippen LogP contribution in [-0.2, 0) is 0 Å². The first-order chi connectivity index (χ1) is 7.76. The Labute approximate surface area is 98.6 Å². The van der Waals surface area contributed by atoms with Gasteiger partial charge in [0.05, 0.1) is 6.10 Å². The molecule has 4 nitrogen and oxygen atoms in total. The number of piperidine rings is 1. The molecule has 0 radical (unpaired) electrons. The highest BCUT2D eigenvalue weighted by Crippen LogP contribution is 2.13. The molecule has 0 amide bonds. The van der Waals surface area contributed by atoms with E-state index >= 15 is 0 Å².